The van der Waals surface area contributed by atoms with Crippen molar-refractivity contribution in [2.45, 2.75) is 52.5 Å². The predicted molar refractivity (Wildman–Crippen MR) is 65.7 cm³/mol. The van der Waals surface area contributed by atoms with Gasteiger partial charge in [0.1, 0.15) is 5.78 Å². The van der Waals surface area contributed by atoms with Crippen LogP contribution < -0.4 is 0 Å². The van der Waals surface area contributed by atoms with Crippen LogP contribution in [0, 0.1) is 16.0 Å². The third-order valence-electron chi connectivity index (χ3n) is 2.82. The maximum atomic E-state index is 11.4. The lowest BCUT2D eigenvalue weighted by Crippen LogP contribution is -2.35. The van der Waals surface area contributed by atoms with Gasteiger partial charge in [-0.1, -0.05) is 0 Å². The number of carbonyl (C=O) groups is 2. The standard InChI is InChI=1S/C12H21NO5/c1-5-18-11(15)7-6-10(9(2)14)8-12(3,4)13(16)17/h10H,5-8H2,1-4H3. The Labute approximate surface area is 107 Å². The third-order valence-corrected chi connectivity index (χ3v) is 2.82. The molecule has 6 nitrogen and oxygen atoms in total. The summed E-state index contributed by atoms with van der Waals surface area (Å²) in [5.74, 6) is -0.980. The second kappa shape index (κ2) is 7.08. The summed E-state index contributed by atoms with van der Waals surface area (Å²) in [5.41, 5.74) is -1.16. The zero-order valence-corrected chi connectivity index (χ0v) is 11.4. The van der Waals surface area contributed by atoms with Crippen molar-refractivity contribution >= 4 is 11.8 Å². The Morgan fingerprint density at radius 1 is 1.39 bits per heavy atom. The van der Waals surface area contributed by atoms with Crippen molar-refractivity contribution in [3.63, 3.8) is 0 Å². The fourth-order valence-electron chi connectivity index (χ4n) is 1.65. The molecule has 104 valence electrons. The zero-order valence-electron chi connectivity index (χ0n) is 11.4. The van der Waals surface area contributed by atoms with Crippen LogP contribution in [-0.2, 0) is 14.3 Å². The Hall–Kier alpha value is -1.46. The van der Waals surface area contributed by atoms with Gasteiger partial charge in [-0.3, -0.25) is 19.7 Å². The number of carbonyl (C=O) groups excluding carboxylic acids is 2. The van der Waals surface area contributed by atoms with E-state index in [1.807, 2.05) is 0 Å². The number of hydrogen-bond acceptors (Lipinski definition) is 5. The lowest BCUT2D eigenvalue weighted by molar-refractivity contribution is -0.562. The normalized spacial score (nSPS) is 12.9. The molecule has 0 aliphatic carbocycles. The molecule has 0 bridgehead atoms. The van der Waals surface area contributed by atoms with E-state index >= 15 is 0 Å². The Kier molecular flexibility index (Phi) is 6.51. The average molecular weight is 259 g/mol. The van der Waals surface area contributed by atoms with Gasteiger partial charge in [-0.2, -0.15) is 0 Å². The molecule has 0 heterocycles. The molecule has 18 heavy (non-hydrogen) atoms. The summed E-state index contributed by atoms with van der Waals surface area (Å²) < 4.78 is 4.77. The minimum atomic E-state index is -1.16. The minimum Gasteiger partial charge on any atom is -0.466 e. The lowest BCUT2D eigenvalue weighted by Gasteiger charge is -2.21. The first-order chi connectivity index (χ1) is 8.20. The molecule has 0 rings (SSSR count). The second-order valence-corrected chi connectivity index (χ2v) is 4.92. The molecule has 6 heteroatoms. The highest BCUT2D eigenvalue weighted by Crippen LogP contribution is 2.24. The SMILES string of the molecule is CCOC(=O)CCC(CC(C)(C)[N+](=O)[O-])C(C)=O. The molecule has 0 aliphatic heterocycles. The first kappa shape index (κ1) is 16.5. The molecule has 1 atom stereocenters. The van der Waals surface area contributed by atoms with Crippen molar-refractivity contribution in [1.29, 1.82) is 0 Å². The van der Waals surface area contributed by atoms with Crippen LogP contribution >= 0.6 is 0 Å². The van der Waals surface area contributed by atoms with Gasteiger partial charge in [-0.25, -0.2) is 0 Å². The molecule has 1 unspecified atom stereocenters. The quantitative estimate of drug-likeness (QED) is 0.378. The number of ether oxygens (including phenoxy) is 1. The van der Waals surface area contributed by atoms with E-state index < -0.39 is 16.4 Å². The largest absolute Gasteiger partial charge is 0.466 e. The highest BCUT2D eigenvalue weighted by Gasteiger charge is 2.35. The summed E-state index contributed by atoms with van der Waals surface area (Å²) in [5, 5.41) is 10.8. The molecule has 0 saturated heterocycles. The number of rotatable bonds is 8. The van der Waals surface area contributed by atoms with Crippen molar-refractivity contribution in [3.8, 4) is 0 Å². The molecule has 0 spiro atoms. The van der Waals surface area contributed by atoms with E-state index in [1.165, 1.54) is 20.8 Å². The van der Waals surface area contributed by atoms with E-state index in [1.54, 1.807) is 6.92 Å². The van der Waals surface area contributed by atoms with Crippen LogP contribution in [0.2, 0.25) is 0 Å². The maximum Gasteiger partial charge on any atom is 0.305 e. The monoisotopic (exact) mass is 259 g/mol. The molecule has 0 aromatic rings. The summed E-state index contributed by atoms with van der Waals surface area (Å²) in [4.78, 5) is 33.1. The Morgan fingerprint density at radius 3 is 2.33 bits per heavy atom. The molecule has 0 aromatic heterocycles. The van der Waals surface area contributed by atoms with Gasteiger partial charge in [0.05, 0.1) is 6.61 Å². The van der Waals surface area contributed by atoms with Crippen LogP contribution in [0.25, 0.3) is 0 Å². The fourth-order valence-corrected chi connectivity index (χ4v) is 1.65. The van der Waals surface area contributed by atoms with Gasteiger partial charge in [-0.05, 0) is 20.3 Å². The van der Waals surface area contributed by atoms with Crippen molar-refractivity contribution in [2.24, 2.45) is 5.92 Å². The van der Waals surface area contributed by atoms with E-state index in [0.717, 1.165) is 0 Å². The second-order valence-electron chi connectivity index (χ2n) is 4.92. The number of Topliss-reactive ketones (excluding diaryl/α,β-unsaturated/α-hetero) is 1. The number of esters is 1. The highest BCUT2D eigenvalue weighted by atomic mass is 16.6. The van der Waals surface area contributed by atoms with Crippen LogP contribution in [0.4, 0.5) is 0 Å². The summed E-state index contributed by atoms with van der Waals surface area (Å²) in [6.45, 7) is 6.35. The molecule has 0 N–H and O–H groups in total. The first-order valence-electron chi connectivity index (χ1n) is 6.01. The topological polar surface area (TPSA) is 86.5 Å². The van der Waals surface area contributed by atoms with Gasteiger partial charge in [-0.15, -0.1) is 0 Å². The number of nitrogens with zero attached hydrogens (tertiary/aromatic N) is 1. The van der Waals surface area contributed by atoms with E-state index in [4.69, 9.17) is 4.74 Å². The summed E-state index contributed by atoms with van der Waals surface area (Å²) in [6, 6.07) is 0. The van der Waals surface area contributed by atoms with Gasteiger partial charge in [0, 0.05) is 37.5 Å². The first-order valence-corrected chi connectivity index (χ1v) is 6.01. The fraction of sp³-hybridized carbons (Fsp3) is 0.833. The van der Waals surface area contributed by atoms with Crippen molar-refractivity contribution in [2.75, 3.05) is 6.61 Å². The predicted octanol–water partition coefficient (Wildman–Crippen LogP) is 1.98. The summed E-state index contributed by atoms with van der Waals surface area (Å²) in [7, 11) is 0. The van der Waals surface area contributed by atoms with Crippen LogP contribution in [0.15, 0.2) is 0 Å². The molecule has 0 aromatic carbocycles. The van der Waals surface area contributed by atoms with Gasteiger partial charge in [0.25, 0.3) is 0 Å². The van der Waals surface area contributed by atoms with E-state index in [-0.39, 0.29) is 24.6 Å². The lowest BCUT2D eigenvalue weighted by atomic mass is 9.86. The average Bonchev–Trinajstić information content (AvgIpc) is 2.23. The Morgan fingerprint density at radius 2 is 1.94 bits per heavy atom. The van der Waals surface area contributed by atoms with Crippen LogP contribution in [0.1, 0.15) is 47.0 Å². The van der Waals surface area contributed by atoms with Crippen molar-refractivity contribution in [3.05, 3.63) is 10.1 Å². The number of ketones is 1. The van der Waals surface area contributed by atoms with Crippen LogP contribution in [-0.4, -0.2) is 28.8 Å². The molecule has 0 fully saturated rings. The maximum absolute atomic E-state index is 11.4. The molecule has 0 saturated carbocycles. The van der Waals surface area contributed by atoms with Crippen molar-refractivity contribution in [1.82, 2.24) is 0 Å². The van der Waals surface area contributed by atoms with Gasteiger partial charge in [0.15, 0.2) is 0 Å². The highest BCUT2D eigenvalue weighted by molar-refractivity contribution is 5.79. The van der Waals surface area contributed by atoms with Crippen LogP contribution in [0.3, 0.4) is 0 Å². The number of hydrogen-bond donors (Lipinski definition) is 0. The molecular formula is C12H21NO5. The zero-order chi connectivity index (χ0) is 14.3. The molecule has 0 amide bonds. The number of nitro groups is 1. The molecular weight excluding hydrogens is 238 g/mol. The summed E-state index contributed by atoms with van der Waals surface area (Å²) >= 11 is 0. The van der Waals surface area contributed by atoms with E-state index in [9.17, 15) is 19.7 Å². The minimum absolute atomic E-state index is 0.117. The van der Waals surface area contributed by atoms with E-state index in [2.05, 4.69) is 0 Å². The Bertz CT molecular complexity index is 324. The summed E-state index contributed by atoms with van der Waals surface area (Å²) in [6.07, 6.45) is 0.548. The third kappa shape index (κ3) is 5.75. The smallest absolute Gasteiger partial charge is 0.305 e. The van der Waals surface area contributed by atoms with Gasteiger partial charge in [0.2, 0.25) is 5.54 Å². The molecule has 0 aliphatic rings. The van der Waals surface area contributed by atoms with Gasteiger partial charge >= 0.3 is 5.97 Å². The van der Waals surface area contributed by atoms with Gasteiger partial charge < -0.3 is 4.74 Å². The Balaban J connectivity index is 4.46. The van der Waals surface area contributed by atoms with E-state index in [0.29, 0.717) is 13.0 Å². The van der Waals surface area contributed by atoms with Crippen molar-refractivity contribution < 1.29 is 19.2 Å². The molecule has 0 radical (unpaired) electrons. The van der Waals surface area contributed by atoms with Crippen LogP contribution in [0.5, 0.6) is 0 Å².